The lowest BCUT2D eigenvalue weighted by Gasteiger charge is -2.17. The molecule has 0 fully saturated rings. The normalized spacial score (nSPS) is 12.7. The number of rotatable bonds is 4. The lowest BCUT2D eigenvalue weighted by atomic mass is 10.0. The molecule has 4 heteroatoms. The summed E-state index contributed by atoms with van der Waals surface area (Å²) in [4.78, 5) is 0. The monoisotopic (exact) mass is 411 g/mol. The van der Waals surface area contributed by atoms with Gasteiger partial charge in [-0.3, -0.25) is 0 Å². The van der Waals surface area contributed by atoms with Crippen molar-refractivity contribution >= 4 is 45.2 Å². The average Bonchev–Trinajstić information content (AvgIpc) is 2.91. The molecule has 108 valence electrons. The third kappa shape index (κ3) is 3.10. The van der Waals surface area contributed by atoms with Crippen molar-refractivity contribution in [3.8, 4) is 0 Å². The lowest BCUT2D eigenvalue weighted by Crippen LogP contribution is -2.22. The van der Waals surface area contributed by atoms with E-state index in [1.807, 2.05) is 36.4 Å². The number of hydrogen-bond donors (Lipinski definition) is 1. The predicted octanol–water partition coefficient (Wildman–Crippen LogP) is 5.39. The Balaban J connectivity index is 2.10. The van der Waals surface area contributed by atoms with Crippen molar-refractivity contribution in [1.82, 2.24) is 5.32 Å². The molecule has 1 aromatic heterocycles. The minimum atomic E-state index is 0.00741. The van der Waals surface area contributed by atoms with Crippen LogP contribution in [0.3, 0.4) is 0 Å². The van der Waals surface area contributed by atoms with Gasteiger partial charge in [-0.25, -0.2) is 0 Å². The van der Waals surface area contributed by atoms with Crippen LogP contribution < -0.4 is 5.32 Å². The molecular weight excluding hydrogens is 397 g/mol. The molecule has 1 unspecified atom stereocenters. The summed E-state index contributed by atoms with van der Waals surface area (Å²) in [7, 11) is 0. The van der Waals surface area contributed by atoms with Crippen LogP contribution in [0, 0.1) is 3.57 Å². The highest BCUT2D eigenvalue weighted by Crippen LogP contribution is 2.32. The van der Waals surface area contributed by atoms with Crippen LogP contribution in [0.1, 0.15) is 24.3 Å². The third-order valence-electron chi connectivity index (χ3n) is 3.41. The van der Waals surface area contributed by atoms with Crippen molar-refractivity contribution in [2.24, 2.45) is 0 Å². The number of hydrogen-bond acceptors (Lipinski definition) is 2. The number of benzene rings is 2. The van der Waals surface area contributed by atoms with Crippen molar-refractivity contribution in [3.05, 3.63) is 68.4 Å². The molecule has 0 amide bonds. The molecule has 0 aliphatic rings. The maximum atomic E-state index is 6.17. The zero-order chi connectivity index (χ0) is 14.8. The highest BCUT2D eigenvalue weighted by atomic mass is 127. The van der Waals surface area contributed by atoms with E-state index in [0.717, 1.165) is 33.9 Å². The first-order valence-corrected chi connectivity index (χ1v) is 8.31. The Labute approximate surface area is 142 Å². The van der Waals surface area contributed by atoms with Crippen LogP contribution >= 0.6 is 34.2 Å². The predicted molar refractivity (Wildman–Crippen MR) is 95.9 cm³/mol. The van der Waals surface area contributed by atoms with Crippen LogP contribution in [0.2, 0.25) is 5.02 Å². The summed E-state index contributed by atoms with van der Waals surface area (Å²) < 4.78 is 7.19. The largest absolute Gasteiger partial charge is 0.459 e. The van der Waals surface area contributed by atoms with Crippen molar-refractivity contribution in [1.29, 1.82) is 0 Å². The number of furan rings is 1. The Hall–Kier alpha value is -1.04. The van der Waals surface area contributed by atoms with Crippen LogP contribution in [0.4, 0.5) is 0 Å². The smallest absolute Gasteiger partial charge is 0.134 e. The molecule has 21 heavy (non-hydrogen) atoms. The van der Waals surface area contributed by atoms with E-state index in [2.05, 4.69) is 47.0 Å². The van der Waals surface area contributed by atoms with E-state index in [1.54, 1.807) is 0 Å². The molecule has 2 nitrogen and oxygen atoms in total. The summed E-state index contributed by atoms with van der Waals surface area (Å²) >= 11 is 8.50. The van der Waals surface area contributed by atoms with Crippen LogP contribution in [0.15, 0.2) is 52.9 Å². The molecule has 0 saturated carbocycles. The van der Waals surface area contributed by atoms with Gasteiger partial charge >= 0.3 is 0 Å². The SMILES string of the molecule is CCNC(c1cc2ccccc2o1)c1cc(Cl)ccc1I. The average molecular weight is 412 g/mol. The van der Waals surface area contributed by atoms with E-state index in [1.165, 1.54) is 3.57 Å². The van der Waals surface area contributed by atoms with Gasteiger partial charge in [0.05, 0.1) is 6.04 Å². The van der Waals surface area contributed by atoms with Crippen LogP contribution in [0.5, 0.6) is 0 Å². The summed E-state index contributed by atoms with van der Waals surface area (Å²) in [5, 5.41) is 5.35. The van der Waals surface area contributed by atoms with Crippen LogP contribution in [0.25, 0.3) is 11.0 Å². The maximum absolute atomic E-state index is 6.17. The Kier molecular flexibility index (Phi) is 4.52. The summed E-state index contributed by atoms with van der Waals surface area (Å²) in [6, 6.07) is 16.1. The molecule has 3 rings (SSSR count). The van der Waals surface area contributed by atoms with Gasteiger partial charge in [0.2, 0.25) is 0 Å². The highest BCUT2D eigenvalue weighted by molar-refractivity contribution is 14.1. The van der Waals surface area contributed by atoms with E-state index >= 15 is 0 Å². The maximum Gasteiger partial charge on any atom is 0.134 e. The van der Waals surface area contributed by atoms with Gasteiger partial charge in [-0.15, -0.1) is 0 Å². The van der Waals surface area contributed by atoms with E-state index < -0.39 is 0 Å². The fourth-order valence-electron chi connectivity index (χ4n) is 2.45. The zero-order valence-corrected chi connectivity index (χ0v) is 14.5. The second kappa shape index (κ2) is 6.38. The number of para-hydroxylation sites is 1. The van der Waals surface area contributed by atoms with Gasteiger partial charge < -0.3 is 9.73 Å². The number of nitrogens with one attached hydrogen (secondary N) is 1. The molecule has 0 aliphatic heterocycles. The van der Waals surface area contributed by atoms with Crippen molar-refractivity contribution in [2.45, 2.75) is 13.0 Å². The quantitative estimate of drug-likeness (QED) is 0.582. The Morgan fingerprint density at radius 3 is 2.76 bits per heavy atom. The van der Waals surface area contributed by atoms with Gasteiger partial charge in [-0.1, -0.05) is 36.7 Å². The molecule has 1 heterocycles. The standard InChI is InChI=1S/C17H15ClINO/c1-2-20-17(13-10-12(18)7-8-14(13)19)16-9-11-5-3-4-6-15(11)21-16/h3-10,17,20H,2H2,1H3. The molecule has 2 aromatic carbocycles. The first kappa shape index (κ1) is 14.9. The van der Waals surface area contributed by atoms with E-state index in [4.69, 9.17) is 16.0 Å². The molecule has 3 aromatic rings. The van der Waals surface area contributed by atoms with Crippen molar-refractivity contribution < 1.29 is 4.42 Å². The van der Waals surface area contributed by atoms with Gasteiger partial charge in [-0.05, 0) is 65.0 Å². The Bertz CT molecular complexity index is 735. The highest BCUT2D eigenvalue weighted by Gasteiger charge is 2.20. The van der Waals surface area contributed by atoms with E-state index in [0.29, 0.717) is 0 Å². The van der Waals surface area contributed by atoms with Gasteiger partial charge in [0.1, 0.15) is 11.3 Å². The van der Waals surface area contributed by atoms with E-state index in [-0.39, 0.29) is 6.04 Å². The van der Waals surface area contributed by atoms with Gasteiger partial charge in [0.15, 0.2) is 0 Å². The molecule has 0 spiro atoms. The minimum absolute atomic E-state index is 0.00741. The first-order chi connectivity index (χ1) is 10.2. The first-order valence-electron chi connectivity index (χ1n) is 6.86. The topological polar surface area (TPSA) is 25.2 Å². The zero-order valence-electron chi connectivity index (χ0n) is 11.6. The molecule has 1 atom stereocenters. The summed E-state index contributed by atoms with van der Waals surface area (Å²) in [6.45, 7) is 2.94. The molecular formula is C17H15ClINO. The molecule has 1 N–H and O–H groups in total. The Morgan fingerprint density at radius 1 is 1.19 bits per heavy atom. The van der Waals surface area contributed by atoms with Gasteiger partial charge in [0.25, 0.3) is 0 Å². The molecule has 0 aliphatic carbocycles. The summed E-state index contributed by atoms with van der Waals surface area (Å²) in [6.07, 6.45) is 0. The Morgan fingerprint density at radius 2 is 2.00 bits per heavy atom. The second-order valence-electron chi connectivity index (χ2n) is 4.84. The van der Waals surface area contributed by atoms with E-state index in [9.17, 15) is 0 Å². The fourth-order valence-corrected chi connectivity index (χ4v) is 3.28. The van der Waals surface area contributed by atoms with Crippen molar-refractivity contribution in [2.75, 3.05) is 6.54 Å². The van der Waals surface area contributed by atoms with Crippen molar-refractivity contribution in [3.63, 3.8) is 0 Å². The van der Waals surface area contributed by atoms with Gasteiger partial charge in [-0.2, -0.15) is 0 Å². The molecule has 0 saturated heterocycles. The fraction of sp³-hybridized carbons (Fsp3) is 0.176. The van der Waals surface area contributed by atoms with Crippen LogP contribution in [-0.2, 0) is 0 Å². The van der Waals surface area contributed by atoms with Gasteiger partial charge in [0, 0.05) is 14.0 Å². The number of halogens is 2. The lowest BCUT2D eigenvalue weighted by molar-refractivity contribution is 0.476. The second-order valence-corrected chi connectivity index (χ2v) is 6.44. The van der Waals surface area contributed by atoms with Crippen LogP contribution in [-0.4, -0.2) is 6.54 Å². The minimum Gasteiger partial charge on any atom is -0.459 e. The number of fused-ring (bicyclic) bond motifs is 1. The third-order valence-corrected chi connectivity index (χ3v) is 4.62. The molecule has 0 radical (unpaired) electrons. The summed E-state index contributed by atoms with van der Waals surface area (Å²) in [5.41, 5.74) is 2.05. The summed E-state index contributed by atoms with van der Waals surface area (Å²) in [5.74, 6) is 0.915. The molecule has 0 bridgehead atoms.